The molecular weight excluding hydrogens is 96.1 g/mol. The first-order valence-electron chi connectivity index (χ1n) is 2.67. The zero-order valence-electron chi connectivity index (χ0n) is 4.67. The summed E-state index contributed by atoms with van der Waals surface area (Å²) < 4.78 is 0. The molecule has 0 atom stereocenters. The SMILES string of the molecule is [CH+]Cc1ccccc1. The largest absolute Gasteiger partial charge is 0.261 e. The lowest BCUT2D eigenvalue weighted by atomic mass is 10.2. The van der Waals surface area contributed by atoms with Crippen LogP contribution in [0.15, 0.2) is 30.3 Å². The van der Waals surface area contributed by atoms with Crippen LogP contribution < -0.4 is 0 Å². The molecule has 0 N–H and O–H groups in total. The molecule has 1 radical (unpaired) electrons. The molecule has 39 valence electrons. The Kier molecular flexibility index (Phi) is 1.58. The van der Waals surface area contributed by atoms with Crippen LogP contribution in [-0.2, 0) is 6.42 Å². The molecule has 0 aliphatic carbocycles. The first-order chi connectivity index (χ1) is 3.93. The first kappa shape index (κ1) is 5.23. The fourth-order valence-electron chi connectivity index (χ4n) is 0.614. The minimum Gasteiger partial charge on any atom is -0.0622 e. The molecule has 0 fully saturated rings. The number of hydrogen-bond donors (Lipinski definition) is 0. The molecule has 1 rings (SSSR count). The zero-order chi connectivity index (χ0) is 5.82. The maximum atomic E-state index is 5.35. The van der Waals surface area contributed by atoms with Gasteiger partial charge in [0.25, 0.3) is 6.92 Å². The summed E-state index contributed by atoms with van der Waals surface area (Å²) in [6.07, 6.45) is 0.640. The monoisotopic (exact) mass is 104 g/mol. The van der Waals surface area contributed by atoms with E-state index in [0.29, 0.717) is 6.42 Å². The van der Waals surface area contributed by atoms with Crippen molar-refractivity contribution in [3.63, 3.8) is 0 Å². The van der Waals surface area contributed by atoms with E-state index in [9.17, 15) is 0 Å². The molecule has 0 aliphatic heterocycles. The maximum absolute atomic E-state index is 5.35. The van der Waals surface area contributed by atoms with E-state index in [2.05, 4.69) is 0 Å². The van der Waals surface area contributed by atoms with Crippen molar-refractivity contribution in [2.75, 3.05) is 0 Å². The molecule has 0 aliphatic rings. The minimum absolute atomic E-state index is 0.640. The highest BCUT2D eigenvalue weighted by Gasteiger charge is 1.88. The van der Waals surface area contributed by atoms with Gasteiger partial charge < -0.3 is 0 Å². The van der Waals surface area contributed by atoms with E-state index in [0.717, 1.165) is 0 Å². The van der Waals surface area contributed by atoms with E-state index in [4.69, 9.17) is 6.92 Å². The first-order valence-corrected chi connectivity index (χ1v) is 2.67. The predicted molar refractivity (Wildman–Crippen MR) is 34.4 cm³/mol. The van der Waals surface area contributed by atoms with Gasteiger partial charge in [0.05, 0.1) is 0 Å². The van der Waals surface area contributed by atoms with Crippen LogP contribution in [0.5, 0.6) is 0 Å². The highest BCUT2D eigenvalue weighted by atomic mass is 13.9. The molecule has 0 aromatic heterocycles. The molecule has 0 bridgehead atoms. The lowest BCUT2D eigenvalue weighted by Crippen LogP contribution is -1.74. The Balaban J connectivity index is 2.83. The Labute approximate surface area is 50.2 Å². The number of hydrogen-bond acceptors (Lipinski definition) is 0. The van der Waals surface area contributed by atoms with Crippen LogP contribution >= 0.6 is 0 Å². The Morgan fingerprint density at radius 3 is 2.12 bits per heavy atom. The van der Waals surface area contributed by atoms with Crippen molar-refractivity contribution < 1.29 is 0 Å². The summed E-state index contributed by atoms with van der Waals surface area (Å²) in [4.78, 5) is 0. The molecule has 0 nitrogen and oxygen atoms in total. The number of rotatable bonds is 1. The van der Waals surface area contributed by atoms with E-state index in [1.54, 1.807) is 0 Å². The van der Waals surface area contributed by atoms with Gasteiger partial charge in [-0.3, -0.25) is 0 Å². The van der Waals surface area contributed by atoms with Crippen LogP contribution in [0.4, 0.5) is 0 Å². The molecule has 0 heteroatoms. The van der Waals surface area contributed by atoms with E-state index in [1.807, 2.05) is 30.3 Å². The Bertz CT molecular complexity index is 141. The quantitative estimate of drug-likeness (QED) is 0.477. The molecule has 1 aromatic carbocycles. The smallest absolute Gasteiger partial charge is 0.0622 e. The Morgan fingerprint density at radius 2 is 1.75 bits per heavy atom. The summed E-state index contributed by atoms with van der Waals surface area (Å²) >= 11 is 0. The van der Waals surface area contributed by atoms with Crippen LogP contribution in [0, 0.1) is 6.92 Å². The standard InChI is InChI=1S/C8H8/c1-2-8-6-4-3-5-7-8/h1,3-7H,2H2/q+1. The summed E-state index contributed by atoms with van der Waals surface area (Å²) in [5.74, 6) is 0. The molecule has 1 aromatic rings. The molecule has 0 saturated carbocycles. The van der Waals surface area contributed by atoms with Gasteiger partial charge in [-0.15, -0.1) is 0 Å². The van der Waals surface area contributed by atoms with Gasteiger partial charge in [-0.25, -0.2) is 0 Å². The third-order valence-electron chi connectivity index (χ3n) is 1.08. The van der Waals surface area contributed by atoms with Crippen molar-refractivity contribution in [1.29, 1.82) is 0 Å². The summed E-state index contributed by atoms with van der Waals surface area (Å²) in [6.45, 7) is 5.35. The minimum atomic E-state index is 0.640. The zero-order valence-corrected chi connectivity index (χ0v) is 4.67. The van der Waals surface area contributed by atoms with Gasteiger partial charge in [-0.1, -0.05) is 30.3 Å². The van der Waals surface area contributed by atoms with E-state index < -0.39 is 0 Å². The van der Waals surface area contributed by atoms with Gasteiger partial charge >= 0.3 is 0 Å². The summed E-state index contributed by atoms with van der Waals surface area (Å²) in [5, 5.41) is 0. The maximum Gasteiger partial charge on any atom is 0.261 e. The summed E-state index contributed by atoms with van der Waals surface area (Å²) in [7, 11) is 0. The Hall–Kier alpha value is -0.910. The van der Waals surface area contributed by atoms with Gasteiger partial charge in [-0.2, -0.15) is 0 Å². The molecule has 0 amide bonds. The topological polar surface area (TPSA) is 0 Å². The predicted octanol–water partition coefficient (Wildman–Crippen LogP) is 1.94. The van der Waals surface area contributed by atoms with Crippen molar-refractivity contribution >= 4 is 0 Å². The second-order valence-electron chi connectivity index (χ2n) is 1.69. The molecule has 0 spiro atoms. The van der Waals surface area contributed by atoms with Gasteiger partial charge in [0.1, 0.15) is 0 Å². The second-order valence-corrected chi connectivity index (χ2v) is 1.69. The normalized spacial score (nSPS) is 9.00. The van der Waals surface area contributed by atoms with Crippen LogP contribution in [-0.4, -0.2) is 0 Å². The molecule has 0 unspecified atom stereocenters. The van der Waals surface area contributed by atoms with E-state index in [1.165, 1.54) is 5.56 Å². The summed E-state index contributed by atoms with van der Waals surface area (Å²) in [6, 6.07) is 9.99. The van der Waals surface area contributed by atoms with Gasteiger partial charge in [0, 0.05) is 5.56 Å². The molecular formula is C8H8+. The lowest BCUT2D eigenvalue weighted by Gasteiger charge is -1.84. The van der Waals surface area contributed by atoms with Gasteiger partial charge in [0.2, 0.25) is 0 Å². The Morgan fingerprint density at radius 1 is 1.12 bits per heavy atom. The lowest BCUT2D eigenvalue weighted by molar-refractivity contribution is 1.27. The van der Waals surface area contributed by atoms with Gasteiger partial charge in [0.15, 0.2) is 6.42 Å². The third-order valence-corrected chi connectivity index (χ3v) is 1.08. The van der Waals surface area contributed by atoms with Crippen LogP contribution in [0.2, 0.25) is 0 Å². The average molecular weight is 104 g/mol. The molecule has 8 heavy (non-hydrogen) atoms. The fourth-order valence-corrected chi connectivity index (χ4v) is 0.614. The van der Waals surface area contributed by atoms with Crippen LogP contribution in [0.1, 0.15) is 5.56 Å². The van der Waals surface area contributed by atoms with Crippen molar-refractivity contribution in [3.8, 4) is 0 Å². The average Bonchev–Trinajstić information content (AvgIpc) is 1.90. The van der Waals surface area contributed by atoms with E-state index in [-0.39, 0.29) is 0 Å². The highest BCUT2D eigenvalue weighted by molar-refractivity contribution is 5.14. The molecule has 0 heterocycles. The fraction of sp³-hybridized carbons (Fsp3) is 0.125. The van der Waals surface area contributed by atoms with Crippen LogP contribution in [0.25, 0.3) is 0 Å². The highest BCUT2D eigenvalue weighted by Crippen LogP contribution is 1.96. The van der Waals surface area contributed by atoms with Crippen LogP contribution in [0.3, 0.4) is 0 Å². The van der Waals surface area contributed by atoms with Crippen molar-refractivity contribution in [3.05, 3.63) is 42.8 Å². The summed E-state index contributed by atoms with van der Waals surface area (Å²) in [5.41, 5.74) is 1.19. The molecule has 0 saturated heterocycles. The van der Waals surface area contributed by atoms with Crippen molar-refractivity contribution in [2.24, 2.45) is 0 Å². The van der Waals surface area contributed by atoms with Gasteiger partial charge in [-0.05, 0) is 0 Å². The van der Waals surface area contributed by atoms with Crippen molar-refractivity contribution in [2.45, 2.75) is 6.42 Å². The number of benzene rings is 1. The van der Waals surface area contributed by atoms with E-state index >= 15 is 0 Å². The van der Waals surface area contributed by atoms with Crippen molar-refractivity contribution in [1.82, 2.24) is 0 Å². The third kappa shape index (κ3) is 1.03. The second kappa shape index (κ2) is 2.41.